The number of carbonyl (C=O) groups is 1. The van der Waals surface area contributed by atoms with E-state index in [2.05, 4.69) is 59.9 Å². The zero-order chi connectivity index (χ0) is 20.3. The van der Waals surface area contributed by atoms with Crippen LogP contribution in [0.5, 0.6) is 0 Å². The molecule has 0 unspecified atom stereocenters. The van der Waals surface area contributed by atoms with Crippen LogP contribution < -0.4 is 5.32 Å². The van der Waals surface area contributed by atoms with Crippen molar-refractivity contribution in [1.82, 2.24) is 0 Å². The summed E-state index contributed by atoms with van der Waals surface area (Å²) in [6.45, 7) is 0. The minimum absolute atomic E-state index is 0.0989. The SMILES string of the molecule is O=C(C[C@H](Nc1cccc2c1-c1ccccc1C2)c1ccccc1)c1ccccc1. The van der Waals surface area contributed by atoms with E-state index < -0.39 is 0 Å². The predicted octanol–water partition coefficient (Wildman–Crippen LogP) is 6.68. The molecule has 0 heterocycles. The molecule has 0 aliphatic heterocycles. The molecule has 1 N–H and O–H groups in total. The van der Waals surface area contributed by atoms with Crippen molar-refractivity contribution in [3.05, 3.63) is 125 Å². The maximum absolute atomic E-state index is 13.0. The minimum atomic E-state index is -0.0989. The molecule has 146 valence electrons. The smallest absolute Gasteiger partial charge is 0.165 e. The van der Waals surface area contributed by atoms with Gasteiger partial charge in [0.25, 0.3) is 0 Å². The summed E-state index contributed by atoms with van der Waals surface area (Å²) in [5.74, 6) is 0.143. The van der Waals surface area contributed by atoms with Crippen LogP contribution in [0.3, 0.4) is 0 Å². The van der Waals surface area contributed by atoms with Gasteiger partial charge in [-0.3, -0.25) is 4.79 Å². The molecule has 0 amide bonds. The Bertz CT molecular complexity index is 1180. The standard InChI is InChI=1S/C28H23NO/c30-27(21-12-5-2-6-13-21)19-26(20-10-3-1-4-11-20)29-25-17-9-15-23-18-22-14-7-8-16-24(22)28(23)25/h1-17,26,29H,18-19H2/t26-/m0/s1. The van der Waals surface area contributed by atoms with E-state index >= 15 is 0 Å². The summed E-state index contributed by atoms with van der Waals surface area (Å²) in [5.41, 5.74) is 8.21. The fourth-order valence-electron chi connectivity index (χ4n) is 4.36. The predicted molar refractivity (Wildman–Crippen MR) is 123 cm³/mol. The third-order valence-electron chi connectivity index (χ3n) is 5.84. The molecule has 30 heavy (non-hydrogen) atoms. The summed E-state index contributed by atoms with van der Waals surface area (Å²) >= 11 is 0. The molecule has 1 aliphatic rings. The largest absolute Gasteiger partial charge is 0.377 e. The molecule has 4 aromatic rings. The summed E-state index contributed by atoms with van der Waals surface area (Å²) in [6, 6.07) is 34.7. The summed E-state index contributed by atoms with van der Waals surface area (Å²) in [4.78, 5) is 13.0. The summed E-state index contributed by atoms with van der Waals surface area (Å²) in [5, 5.41) is 3.72. The van der Waals surface area contributed by atoms with Gasteiger partial charge < -0.3 is 5.32 Å². The molecule has 0 radical (unpaired) electrons. The Morgan fingerprint density at radius 2 is 1.40 bits per heavy atom. The van der Waals surface area contributed by atoms with Crippen LogP contribution in [0, 0.1) is 0 Å². The highest BCUT2D eigenvalue weighted by molar-refractivity contribution is 5.97. The fraction of sp³-hybridized carbons (Fsp3) is 0.107. The maximum atomic E-state index is 13.0. The second-order valence-corrected chi connectivity index (χ2v) is 7.77. The van der Waals surface area contributed by atoms with E-state index in [1.807, 2.05) is 48.5 Å². The Labute approximate surface area is 177 Å². The number of Topliss-reactive ketones (excluding diaryl/α,β-unsaturated/α-hetero) is 1. The number of hydrogen-bond acceptors (Lipinski definition) is 2. The number of benzene rings is 4. The van der Waals surface area contributed by atoms with Gasteiger partial charge in [-0.05, 0) is 34.7 Å². The monoisotopic (exact) mass is 389 g/mol. The summed E-state index contributed by atoms with van der Waals surface area (Å²) in [7, 11) is 0. The average Bonchev–Trinajstić information content (AvgIpc) is 3.19. The molecule has 1 atom stereocenters. The van der Waals surface area contributed by atoms with Crippen LogP contribution in [0.2, 0.25) is 0 Å². The van der Waals surface area contributed by atoms with Gasteiger partial charge in [-0.15, -0.1) is 0 Å². The Kier molecular flexibility index (Phi) is 4.90. The molecular formula is C28H23NO. The quantitative estimate of drug-likeness (QED) is 0.328. The van der Waals surface area contributed by atoms with Crippen LogP contribution >= 0.6 is 0 Å². The fourth-order valence-corrected chi connectivity index (χ4v) is 4.36. The van der Waals surface area contributed by atoms with Gasteiger partial charge >= 0.3 is 0 Å². The van der Waals surface area contributed by atoms with Gasteiger partial charge in [-0.25, -0.2) is 0 Å². The zero-order valence-corrected chi connectivity index (χ0v) is 16.7. The van der Waals surface area contributed by atoms with E-state index in [0.717, 1.165) is 23.2 Å². The van der Waals surface area contributed by atoms with E-state index in [0.29, 0.717) is 6.42 Å². The lowest BCUT2D eigenvalue weighted by Crippen LogP contribution is -2.16. The lowest BCUT2D eigenvalue weighted by atomic mass is 9.96. The first-order valence-corrected chi connectivity index (χ1v) is 10.4. The molecule has 0 aromatic heterocycles. The number of ketones is 1. The normalized spacial score (nSPS) is 12.7. The average molecular weight is 389 g/mol. The number of carbonyl (C=O) groups excluding carboxylic acids is 1. The van der Waals surface area contributed by atoms with Crippen LogP contribution in [0.1, 0.15) is 39.5 Å². The molecular weight excluding hydrogens is 366 g/mol. The zero-order valence-electron chi connectivity index (χ0n) is 16.7. The Balaban J connectivity index is 1.51. The van der Waals surface area contributed by atoms with E-state index in [4.69, 9.17) is 0 Å². The molecule has 0 saturated carbocycles. The highest BCUT2D eigenvalue weighted by atomic mass is 16.1. The van der Waals surface area contributed by atoms with E-state index in [-0.39, 0.29) is 11.8 Å². The van der Waals surface area contributed by atoms with E-state index in [9.17, 15) is 4.79 Å². The molecule has 0 fully saturated rings. The van der Waals surface area contributed by atoms with Gasteiger partial charge in [0.1, 0.15) is 0 Å². The van der Waals surface area contributed by atoms with Crippen LogP contribution in [-0.4, -0.2) is 5.78 Å². The van der Waals surface area contributed by atoms with Crippen molar-refractivity contribution < 1.29 is 4.79 Å². The Morgan fingerprint density at radius 3 is 2.20 bits per heavy atom. The maximum Gasteiger partial charge on any atom is 0.165 e. The van der Waals surface area contributed by atoms with Gasteiger partial charge in [-0.1, -0.05) is 97.1 Å². The molecule has 5 rings (SSSR count). The van der Waals surface area contributed by atoms with Crippen molar-refractivity contribution in [3.63, 3.8) is 0 Å². The van der Waals surface area contributed by atoms with Crippen molar-refractivity contribution in [2.45, 2.75) is 18.9 Å². The lowest BCUT2D eigenvalue weighted by molar-refractivity contribution is 0.0976. The number of nitrogens with one attached hydrogen (secondary N) is 1. The van der Waals surface area contributed by atoms with E-state index in [1.54, 1.807) is 0 Å². The highest BCUT2D eigenvalue weighted by Crippen LogP contribution is 2.42. The molecule has 0 saturated heterocycles. The van der Waals surface area contributed by atoms with Crippen molar-refractivity contribution in [2.75, 3.05) is 5.32 Å². The molecule has 0 bridgehead atoms. The first kappa shape index (κ1) is 18.4. The molecule has 4 aromatic carbocycles. The first-order chi connectivity index (χ1) is 14.8. The van der Waals surface area contributed by atoms with Crippen molar-refractivity contribution in [2.24, 2.45) is 0 Å². The molecule has 1 aliphatic carbocycles. The second kappa shape index (κ2) is 8.00. The first-order valence-electron chi connectivity index (χ1n) is 10.4. The van der Waals surface area contributed by atoms with Gasteiger partial charge in [0.2, 0.25) is 0 Å². The molecule has 0 spiro atoms. The minimum Gasteiger partial charge on any atom is -0.377 e. The van der Waals surface area contributed by atoms with Gasteiger partial charge in [0.15, 0.2) is 5.78 Å². The van der Waals surface area contributed by atoms with Crippen LogP contribution in [0.4, 0.5) is 5.69 Å². The highest BCUT2D eigenvalue weighted by Gasteiger charge is 2.23. The van der Waals surface area contributed by atoms with Crippen LogP contribution in [0.25, 0.3) is 11.1 Å². The molecule has 2 heteroatoms. The third kappa shape index (κ3) is 3.53. The summed E-state index contributed by atoms with van der Waals surface area (Å²) < 4.78 is 0. The summed E-state index contributed by atoms with van der Waals surface area (Å²) in [6.07, 6.45) is 1.36. The van der Waals surface area contributed by atoms with Crippen LogP contribution in [0.15, 0.2) is 103 Å². The Hall–Kier alpha value is -3.65. The number of rotatable bonds is 6. The number of fused-ring (bicyclic) bond motifs is 3. The number of hydrogen-bond donors (Lipinski definition) is 1. The Morgan fingerprint density at radius 1 is 0.733 bits per heavy atom. The van der Waals surface area contributed by atoms with Crippen molar-refractivity contribution >= 4 is 11.5 Å². The second-order valence-electron chi connectivity index (χ2n) is 7.77. The topological polar surface area (TPSA) is 29.1 Å². The number of anilines is 1. The van der Waals surface area contributed by atoms with Gasteiger partial charge in [-0.2, -0.15) is 0 Å². The van der Waals surface area contributed by atoms with E-state index in [1.165, 1.54) is 22.3 Å². The van der Waals surface area contributed by atoms with Crippen LogP contribution in [-0.2, 0) is 6.42 Å². The van der Waals surface area contributed by atoms with Gasteiger partial charge in [0, 0.05) is 23.2 Å². The lowest BCUT2D eigenvalue weighted by Gasteiger charge is -2.22. The van der Waals surface area contributed by atoms with Gasteiger partial charge in [0.05, 0.1) is 6.04 Å². The molecule has 2 nitrogen and oxygen atoms in total. The third-order valence-corrected chi connectivity index (χ3v) is 5.84. The van der Waals surface area contributed by atoms with Crippen molar-refractivity contribution in [1.29, 1.82) is 0 Å². The van der Waals surface area contributed by atoms with Crippen molar-refractivity contribution in [3.8, 4) is 11.1 Å².